The summed E-state index contributed by atoms with van der Waals surface area (Å²) in [7, 11) is 1.42. The number of benzene rings is 1. The van der Waals surface area contributed by atoms with Crippen LogP contribution in [0.25, 0.3) is 0 Å². The molecule has 19 heavy (non-hydrogen) atoms. The predicted octanol–water partition coefficient (Wildman–Crippen LogP) is 2.41. The highest BCUT2D eigenvalue weighted by Crippen LogP contribution is 2.23. The Labute approximate surface area is 122 Å². The van der Waals surface area contributed by atoms with E-state index >= 15 is 0 Å². The van der Waals surface area contributed by atoms with Gasteiger partial charge in [-0.15, -0.1) is 0 Å². The Morgan fingerprint density at radius 2 is 2.26 bits per heavy atom. The molecular weight excluding hydrogens is 278 g/mol. The van der Waals surface area contributed by atoms with Crippen molar-refractivity contribution in [3.8, 4) is 0 Å². The number of carbonyl (C=O) groups excluding carboxylic acids is 1. The van der Waals surface area contributed by atoms with Gasteiger partial charge in [0.05, 0.1) is 12.7 Å². The average Bonchev–Trinajstić information content (AvgIpc) is 2.48. The highest BCUT2D eigenvalue weighted by Gasteiger charge is 2.15. The molecular formula is C14H19NO2S2. The Kier molecular flexibility index (Phi) is 6.07. The SMILES string of the molecule is COC(=O)c1ccccc1CNCC1CSCCS1. The second kappa shape index (κ2) is 7.82. The molecule has 1 fully saturated rings. The van der Waals surface area contributed by atoms with Crippen LogP contribution in [0.2, 0.25) is 0 Å². The van der Waals surface area contributed by atoms with Crippen molar-refractivity contribution < 1.29 is 9.53 Å². The van der Waals surface area contributed by atoms with Crippen LogP contribution in [-0.2, 0) is 11.3 Å². The molecule has 1 aliphatic rings. The molecule has 0 spiro atoms. The lowest BCUT2D eigenvalue weighted by Gasteiger charge is -2.21. The molecule has 1 aromatic carbocycles. The molecule has 0 radical (unpaired) electrons. The molecule has 104 valence electrons. The van der Waals surface area contributed by atoms with Crippen molar-refractivity contribution in [3.05, 3.63) is 35.4 Å². The van der Waals surface area contributed by atoms with Gasteiger partial charge in [-0.25, -0.2) is 4.79 Å². The normalized spacial score (nSPS) is 19.1. The molecule has 0 aliphatic carbocycles. The second-order valence-electron chi connectivity index (χ2n) is 4.35. The summed E-state index contributed by atoms with van der Waals surface area (Å²) in [5.74, 6) is 3.47. The van der Waals surface area contributed by atoms with E-state index in [1.54, 1.807) is 0 Å². The smallest absolute Gasteiger partial charge is 0.338 e. The number of thioether (sulfide) groups is 2. The first kappa shape index (κ1) is 14.8. The molecule has 1 aliphatic heterocycles. The zero-order chi connectivity index (χ0) is 13.5. The number of rotatable bonds is 5. The summed E-state index contributed by atoms with van der Waals surface area (Å²) in [6.45, 7) is 1.71. The van der Waals surface area contributed by atoms with Gasteiger partial charge in [0.1, 0.15) is 0 Å². The van der Waals surface area contributed by atoms with Gasteiger partial charge >= 0.3 is 5.97 Å². The Morgan fingerprint density at radius 3 is 3.00 bits per heavy atom. The van der Waals surface area contributed by atoms with E-state index in [0.717, 1.165) is 12.1 Å². The lowest BCUT2D eigenvalue weighted by atomic mass is 10.1. The van der Waals surface area contributed by atoms with Crippen molar-refractivity contribution in [1.82, 2.24) is 5.32 Å². The molecule has 0 amide bonds. The molecule has 5 heteroatoms. The summed E-state index contributed by atoms with van der Waals surface area (Å²) >= 11 is 4.06. The molecule has 0 bridgehead atoms. The van der Waals surface area contributed by atoms with Crippen molar-refractivity contribution in [3.63, 3.8) is 0 Å². The maximum absolute atomic E-state index is 11.6. The van der Waals surface area contributed by atoms with Gasteiger partial charge < -0.3 is 10.1 Å². The Balaban J connectivity index is 1.86. The lowest BCUT2D eigenvalue weighted by Crippen LogP contribution is -2.29. The minimum absolute atomic E-state index is 0.264. The molecule has 2 rings (SSSR count). The van der Waals surface area contributed by atoms with Gasteiger partial charge in [-0.05, 0) is 11.6 Å². The number of hydrogen-bond donors (Lipinski definition) is 1. The van der Waals surface area contributed by atoms with Crippen molar-refractivity contribution in [2.75, 3.05) is 30.9 Å². The van der Waals surface area contributed by atoms with E-state index in [2.05, 4.69) is 5.32 Å². The van der Waals surface area contributed by atoms with Crippen LogP contribution >= 0.6 is 23.5 Å². The highest BCUT2D eigenvalue weighted by molar-refractivity contribution is 8.06. The van der Waals surface area contributed by atoms with Crippen LogP contribution in [0.3, 0.4) is 0 Å². The zero-order valence-corrected chi connectivity index (χ0v) is 12.7. The second-order valence-corrected chi connectivity index (χ2v) is 6.91. The number of hydrogen-bond acceptors (Lipinski definition) is 5. The third kappa shape index (κ3) is 4.44. The summed E-state index contributed by atoms with van der Waals surface area (Å²) in [4.78, 5) is 11.6. The molecule has 1 heterocycles. The quantitative estimate of drug-likeness (QED) is 0.845. The standard InChI is InChI=1S/C14H19NO2S2/c1-17-14(16)13-5-3-2-4-11(13)8-15-9-12-10-18-6-7-19-12/h2-5,12,15H,6-10H2,1H3. The zero-order valence-electron chi connectivity index (χ0n) is 11.1. The fourth-order valence-corrected chi connectivity index (χ4v) is 4.65. The molecule has 0 saturated carbocycles. The van der Waals surface area contributed by atoms with Crippen LogP contribution in [-0.4, -0.2) is 42.1 Å². The van der Waals surface area contributed by atoms with Crippen molar-refractivity contribution in [1.29, 1.82) is 0 Å². The van der Waals surface area contributed by atoms with E-state index in [9.17, 15) is 4.79 Å². The summed E-state index contributed by atoms with van der Waals surface area (Å²) in [5, 5.41) is 4.13. The van der Waals surface area contributed by atoms with Crippen LogP contribution < -0.4 is 5.32 Å². The molecule has 1 saturated heterocycles. The fourth-order valence-electron chi connectivity index (χ4n) is 2.01. The molecule has 1 atom stereocenters. The maximum atomic E-state index is 11.6. The average molecular weight is 297 g/mol. The van der Waals surface area contributed by atoms with E-state index in [0.29, 0.717) is 17.4 Å². The fraction of sp³-hybridized carbons (Fsp3) is 0.500. The minimum atomic E-state index is -0.264. The summed E-state index contributed by atoms with van der Waals surface area (Å²) in [6, 6.07) is 7.61. The first-order chi connectivity index (χ1) is 9.31. The van der Waals surface area contributed by atoms with Crippen LogP contribution in [0.15, 0.2) is 24.3 Å². The monoisotopic (exact) mass is 297 g/mol. The van der Waals surface area contributed by atoms with Crippen LogP contribution in [0.4, 0.5) is 0 Å². The summed E-state index contributed by atoms with van der Waals surface area (Å²) in [6.07, 6.45) is 0. The molecule has 3 nitrogen and oxygen atoms in total. The molecule has 0 aromatic heterocycles. The molecule has 1 N–H and O–H groups in total. The van der Waals surface area contributed by atoms with Crippen molar-refractivity contribution in [2.45, 2.75) is 11.8 Å². The van der Waals surface area contributed by atoms with Crippen molar-refractivity contribution >= 4 is 29.5 Å². The Morgan fingerprint density at radius 1 is 1.42 bits per heavy atom. The maximum Gasteiger partial charge on any atom is 0.338 e. The van der Waals surface area contributed by atoms with Gasteiger partial charge in [-0.3, -0.25) is 0 Å². The van der Waals surface area contributed by atoms with E-state index < -0.39 is 0 Å². The third-order valence-electron chi connectivity index (χ3n) is 3.00. The van der Waals surface area contributed by atoms with Crippen LogP contribution in [0.1, 0.15) is 15.9 Å². The van der Waals surface area contributed by atoms with Gasteiger partial charge in [-0.1, -0.05) is 18.2 Å². The van der Waals surface area contributed by atoms with Gasteiger partial charge in [-0.2, -0.15) is 23.5 Å². The summed E-state index contributed by atoms with van der Waals surface area (Å²) in [5.41, 5.74) is 1.66. The van der Waals surface area contributed by atoms with Crippen molar-refractivity contribution in [2.24, 2.45) is 0 Å². The van der Waals surface area contributed by atoms with E-state index in [1.165, 1.54) is 24.4 Å². The number of carbonyl (C=O) groups is 1. The van der Waals surface area contributed by atoms with Gasteiger partial charge in [0.2, 0.25) is 0 Å². The lowest BCUT2D eigenvalue weighted by molar-refractivity contribution is 0.0599. The van der Waals surface area contributed by atoms with Gasteiger partial charge in [0.15, 0.2) is 0 Å². The number of esters is 1. The molecule has 1 unspecified atom stereocenters. The van der Waals surface area contributed by atoms with Crippen LogP contribution in [0, 0.1) is 0 Å². The van der Waals surface area contributed by atoms with Gasteiger partial charge in [0.25, 0.3) is 0 Å². The van der Waals surface area contributed by atoms with Crippen LogP contribution in [0.5, 0.6) is 0 Å². The molecule has 1 aromatic rings. The number of nitrogens with one attached hydrogen (secondary N) is 1. The first-order valence-corrected chi connectivity index (χ1v) is 8.58. The Hall–Kier alpha value is -0.650. The van der Waals surface area contributed by atoms with E-state index in [1.807, 2.05) is 47.8 Å². The minimum Gasteiger partial charge on any atom is -0.465 e. The van der Waals surface area contributed by atoms with E-state index in [-0.39, 0.29) is 5.97 Å². The predicted molar refractivity (Wildman–Crippen MR) is 83.1 cm³/mol. The highest BCUT2D eigenvalue weighted by atomic mass is 32.2. The number of ether oxygens (including phenoxy) is 1. The third-order valence-corrected chi connectivity index (χ3v) is 5.84. The largest absolute Gasteiger partial charge is 0.465 e. The van der Waals surface area contributed by atoms with E-state index in [4.69, 9.17) is 4.74 Å². The Bertz CT molecular complexity index is 420. The topological polar surface area (TPSA) is 38.3 Å². The summed E-state index contributed by atoms with van der Waals surface area (Å²) < 4.78 is 4.80. The van der Waals surface area contributed by atoms with Gasteiger partial charge in [0, 0.05) is 35.6 Å². The number of methoxy groups -OCH3 is 1. The first-order valence-electron chi connectivity index (χ1n) is 6.37.